The van der Waals surface area contributed by atoms with E-state index in [-0.39, 0.29) is 0 Å². The van der Waals surface area contributed by atoms with Crippen LogP contribution in [-0.4, -0.2) is 19.1 Å². The summed E-state index contributed by atoms with van der Waals surface area (Å²) >= 11 is 0. The first-order valence-corrected chi connectivity index (χ1v) is 6.30. The Bertz CT molecular complexity index is 288. The molecule has 0 aromatic heterocycles. The maximum absolute atomic E-state index is 5.94. The van der Waals surface area contributed by atoms with Crippen molar-refractivity contribution < 1.29 is 0 Å². The molecule has 1 aromatic carbocycles. The zero-order valence-corrected chi connectivity index (χ0v) is 10.7. The van der Waals surface area contributed by atoms with Crippen molar-refractivity contribution in [1.29, 1.82) is 0 Å². The van der Waals surface area contributed by atoms with E-state index in [9.17, 15) is 0 Å². The molecule has 1 unspecified atom stereocenters. The molecule has 2 nitrogen and oxygen atoms in total. The summed E-state index contributed by atoms with van der Waals surface area (Å²) in [6, 6.07) is 9.08. The highest BCUT2D eigenvalue weighted by atomic mass is 15.1. The zero-order chi connectivity index (χ0) is 12.0. The monoisotopic (exact) mass is 220 g/mol. The van der Waals surface area contributed by atoms with Gasteiger partial charge in [0.05, 0.1) is 0 Å². The Kier molecular flexibility index (Phi) is 5.33. The minimum Gasteiger partial charge on any atom is -0.372 e. The van der Waals surface area contributed by atoms with Gasteiger partial charge in [-0.25, -0.2) is 0 Å². The molecule has 16 heavy (non-hydrogen) atoms. The van der Waals surface area contributed by atoms with E-state index in [1.54, 1.807) is 0 Å². The molecule has 90 valence electrons. The summed E-state index contributed by atoms with van der Waals surface area (Å²) in [6.07, 6.45) is 2.02. The SMILES string of the molecule is CCC(N)Cc1ccc(N(CC)CC)cc1. The van der Waals surface area contributed by atoms with Crippen molar-refractivity contribution in [3.8, 4) is 0 Å². The summed E-state index contributed by atoms with van der Waals surface area (Å²) < 4.78 is 0. The third-order valence-electron chi connectivity index (χ3n) is 3.09. The zero-order valence-electron chi connectivity index (χ0n) is 10.7. The standard InChI is InChI=1S/C14H24N2/c1-4-13(15)11-12-7-9-14(10-8-12)16(5-2)6-3/h7-10,13H,4-6,11,15H2,1-3H3. The Balaban J connectivity index is 2.67. The van der Waals surface area contributed by atoms with Gasteiger partial charge in [0.25, 0.3) is 0 Å². The van der Waals surface area contributed by atoms with Crippen molar-refractivity contribution in [2.75, 3.05) is 18.0 Å². The van der Waals surface area contributed by atoms with E-state index in [1.807, 2.05) is 0 Å². The molecule has 2 heteroatoms. The molecule has 1 aromatic rings. The summed E-state index contributed by atoms with van der Waals surface area (Å²) in [5, 5.41) is 0. The lowest BCUT2D eigenvalue weighted by Gasteiger charge is -2.21. The lowest BCUT2D eigenvalue weighted by molar-refractivity contribution is 0.646. The largest absolute Gasteiger partial charge is 0.372 e. The van der Waals surface area contributed by atoms with Crippen molar-refractivity contribution in [3.05, 3.63) is 29.8 Å². The fourth-order valence-corrected chi connectivity index (χ4v) is 1.88. The molecule has 2 N–H and O–H groups in total. The van der Waals surface area contributed by atoms with Gasteiger partial charge in [-0.05, 0) is 44.4 Å². The van der Waals surface area contributed by atoms with Gasteiger partial charge in [0.15, 0.2) is 0 Å². The number of benzene rings is 1. The first kappa shape index (κ1) is 13.0. The smallest absolute Gasteiger partial charge is 0.0366 e. The Labute approximate surface area is 99.5 Å². The normalized spacial score (nSPS) is 12.5. The predicted molar refractivity (Wildman–Crippen MR) is 72.0 cm³/mol. The van der Waals surface area contributed by atoms with Crippen LogP contribution in [0.4, 0.5) is 5.69 Å². The van der Waals surface area contributed by atoms with Crippen LogP contribution in [0.3, 0.4) is 0 Å². The van der Waals surface area contributed by atoms with E-state index in [0.717, 1.165) is 25.9 Å². The molecule has 0 fully saturated rings. The molecule has 0 saturated heterocycles. The second kappa shape index (κ2) is 6.54. The van der Waals surface area contributed by atoms with Crippen LogP contribution in [-0.2, 0) is 6.42 Å². The summed E-state index contributed by atoms with van der Waals surface area (Å²) in [7, 11) is 0. The van der Waals surface area contributed by atoms with Gasteiger partial charge in [-0.15, -0.1) is 0 Å². The fourth-order valence-electron chi connectivity index (χ4n) is 1.88. The van der Waals surface area contributed by atoms with Gasteiger partial charge in [-0.3, -0.25) is 0 Å². The second-order valence-corrected chi connectivity index (χ2v) is 4.21. The van der Waals surface area contributed by atoms with E-state index in [1.165, 1.54) is 11.3 Å². The molecule has 0 bridgehead atoms. The van der Waals surface area contributed by atoms with Crippen molar-refractivity contribution >= 4 is 5.69 Å². The van der Waals surface area contributed by atoms with Crippen LogP contribution in [0, 0.1) is 0 Å². The molecule has 0 spiro atoms. The van der Waals surface area contributed by atoms with Gasteiger partial charge in [-0.2, -0.15) is 0 Å². The molecular weight excluding hydrogens is 196 g/mol. The molecule has 1 rings (SSSR count). The van der Waals surface area contributed by atoms with Crippen LogP contribution in [0.5, 0.6) is 0 Å². The minimum atomic E-state index is 0.291. The quantitative estimate of drug-likeness (QED) is 0.798. The molecule has 0 heterocycles. The Morgan fingerprint density at radius 1 is 1.06 bits per heavy atom. The lowest BCUT2D eigenvalue weighted by Crippen LogP contribution is -2.22. The number of hydrogen-bond donors (Lipinski definition) is 1. The molecule has 0 aliphatic carbocycles. The van der Waals surface area contributed by atoms with Gasteiger partial charge in [0.2, 0.25) is 0 Å². The van der Waals surface area contributed by atoms with Crippen molar-refractivity contribution in [2.45, 2.75) is 39.7 Å². The average Bonchev–Trinajstić information content (AvgIpc) is 2.32. The average molecular weight is 220 g/mol. The van der Waals surface area contributed by atoms with Crippen LogP contribution < -0.4 is 10.6 Å². The molecule has 0 aliphatic rings. The Hall–Kier alpha value is -1.02. The molecular formula is C14H24N2. The molecule has 0 saturated carbocycles. The number of nitrogens with zero attached hydrogens (tertiary/aromatic N) is 1. The third kappa shape index (κ3) is 3.53. The van der Waals surface area contributed by atoms with E-state index >= 15 is 0 Å². The van der Waals surface area contributed by atoms with Crippen LogP contribution in [0.1, 0.15) is 32.8 Å². The van der Waals surface area contributed by atoms with Crippen molar-refractivity contribution in [2.24, 2.45) is 5.73 Å². The number of nitrogens with two attached hydrogens (primary N) is 1. The Morgan fingerprint density at radius 3 is 2.06 bits per heavy atom. The van der Waals surface area contributed by atoms with Crippen LogP contribution in [0.25, 0.3) is 0 Å². The van der Waals surface area contributed by atoms with Gasteiger partial charge < -0.3 is 10.6 Å². The van der Waals surface area contributed by atoms with Gasteiger partial charge in [0.1, 0.15) is 0 Å². The third-order valence-corrected chi connectivity index (χ3v) is 3.09. The molecule has 0 amide bonds. The van der Waals surface area contributed by atoms with Gasteiger partial charge >= 0.3 is 0 Å². The first-order chi connectivity index (χ1) is 7.71. The van der Waals surface area contributed by atoms with Crippen LogP contribution in [0.2, 0.25) is 0 Å². The molecule has 0 aliphatic heterocycles. The van der Waals surface area contributed by atoms with Crippen molar-refractivity contribution in [3.63, 3.8) is 0 Å². The highest BCUT2D eigenvalue weighted by molar-refractivity contribution is 5.47. The maximum Gasteiger partial charge on any atom is 0.0366 e. The van der Waals surface area contributed by atoms with Gasteiger partial charge in [0, 0.05) is 24.8 Å². The summed E-state index contributed by atoms with van der Waals surface area (Å²) in [4.78, 5) is 2.35. The van der Waals surface area contributed by atoms with Crippen molar-refractivity contribution in [1.82, 2.24) is 0 Å². The highest BCUT2D eigenvalue weighted by Crippen LogP contribution is 2.15. The van der Waals surface area contributed by atoms with E-state index in [4.69, 9.17) is 5.73 Å². The highest BCUT2D eigenvalue weighted by Gasteiger charge is 2.03. The van der Waals surface area contributed by atoms with E-state index in [0.29, 0.717) is 6.04 Å². The predicted octanol–water partition coefficient (Wildman–Crippen LogP) is 2.81. The summed E-state index contributed by atoms with van der Waals surface area (Å²) in [5.41, 5.74) is 8.59. The van der Waals surface area contributed by atoms with Crippen LogP contribution in [0.15, 0.2) is 24.3 Å². The maximum atomic E-state index is 5.94. The molecule has 1 atom stereocenters. The lowest BCUT2D eigenvalue weighted by atomic mass is 10.0. The van der Waals surface area contributed by atoms with E-state index in [2.05, 4.69) is 49.9 Å². The summed E-state index contributed by atoms with van der Waals surface area (Å²) in [5.74, 6) is 0. The number of rotatable bonds is 6. The Morgan fingerprint density at radius 2 is 1.62 bits per heavy atom. The molecule has 0 radical (unpaired) electrons. The fraction of sp³-hybridized carbons (Fsp3) is 0.571. The topological polar surface area (TPSA) is 29.3 Å². The minimum absolute atomic E-state index is 0.291. The van der Waals surface area contributed by atoms with Gasteiger partial charge in [-0.1, -0.05) is 19.1 Å². The number of anilines is 1. The number of hydrogen-bond acceptors (Lipinski definition) is 2. The summed E-state index contributed by atoms with van der Waals surface area (Å²) in [6.45, 7) is 8.62. The first-order valence-electron chi connectivity index (χ1n) is 6.30. The van der Waals surface area contributed by atoms with Crippen LogP contribution >= 0.6 is 0 Å². The second-order valence-electron chi connectivity index (χ2n) is 4.21. The van der Waals surface area contributed by atoms with E-state index < -0.39 is 0 Å².